The minimum Gasteiger partial charge on any atom is -0.368 e. The van der Waals surface area contributed by atoms with Crippen LogP contribution in [0.5, 0.6) is 0 Å². The molecule has 0 saturated carbocycles. The van der Waals surface area contributed by atoms with Crippen molar-refractivity contribution in [2.24, 2.45) is 0 Å². The molecule has 0 atom stereocenters. The molecule has 0 radical (unpaired) electrons. The summed E-state index contributed by atoms with van der Waals surface area (Å²) in [6.45, 7) is 5.75. The van der Waals surface area contributed by atoms with Gasteiger partial charge in [0.2, 0.25) is 0 Å². The average molecular weight is 345 g/mol. The van der Waals surface area contributed by atoms with E-state index in [2.05, 4.69) is 17.1 Å². The van der Waals surface area contributed by atoms with E-state index in [0.717, 1.165) is 30.6 Å². The zero-order valence-corrected chi connectivity index (χ0v) is 14.0. The second-order valence-corrected chi connectivity index (χ2v) is 5.99. The number of hydrogen-bond donors (Lipinski definition) is 1. The molecule has 0 amide bonds. The van der Waals surface area contributed by atoms with Crippen LogP contribution < -0.4 is 10.2 Å². The molecule has 7 heteroatoms. The second kappa shape index (κ2) is 7.86. The van der Waals surface area contributed by atoms with Gasteiger partial charge in [0.1, 0.15) is 0 Å². The van der Waals surface area contributed by atoms with Gasteiger partial charge in [0.15, 0.2) is 5.11 Å². The van der Waals surface area contributed by atoms with Crippen molar-refractivity contribution in [1.82, 2.24) is 10.2 Å². The lowest BCUT2D eigenvalue weighted by Crippen LogP contribution is -2.51. The molecule has 23 heavy (non-hydrogen) atoms. The van der Waals surface area contributed by atoms with E-state index in [1.54, 1.807) is 6.07 Å². The molecule has 1 heterocycles. The highest BCUT2D eigenvalue weighted by atomic mass is 32.1. The minimum atomic E-state index is -4.30. The number of hydrogen-bond acceptors (Lipinski definition) is 2. The molecule has 0 aliphatic carbocycles. The van der Waals surface area contributed by atoms with E-state index in [1.807, 2.05) is 4.90 Å². The summed E-state index contributed by atoms with van der Waals surface area (Å²) in [5, 5.41) is 3.97. The number of thiocarbonyl (C=S) groups is 1. The zero-order valence-electron chi connectivity index (χ0n) is 13.2. The van der Waals surface area contributed by atoms with Crippen molar-refractivity contribution in [3.05, 3.63) is 29.8 Å². The first-order valence-electron chi connectivity index (χ1n) is 7.87. The molecule has 1 aromatic rings. The van der Waals surface area contributed by atoms with Crippen LogP contribution in [0.4, 0.5) is 18.9 Å². The Morgan fingerprint density at radius 1 is 1.22 bits per heavy atom. The van der Waals surface area contributed by atoms with Crippen LogP contribution in [0.3, 0.4) is 0 Å². The number of nitrogens with zero attached hydrogens (tertiary/aromatic N) is 2. The molecule has 1 N–H and O–H groups in total. The van der Waals surface area contributed by atoms with E-state index in [-0.39, 0.29) is 0 Å². The number of rotatable bonds is 4. The van der Waals surface area contributed by atoms with E-state index in [1.165, 1.54) is 12.1 Å². The smallest absolute Gasteiger partial charge is 0.368 e. The summed E-state index contributed by atoms with van der Waals surface area (Å²) in [6, 6.07) is 5.50. The lowest BCUT2D eigenvalue weighted by molar-refractivity contribution is -0.137. The zero-order chi connectivity index (χ0) is 16.9. The highest BCUT2D eigenvalue weighted by molar-refractivity contribution is 7.80. The fourth-order valence-corrected chi connectivity index (χ4v) is 2.82. The van der Waals surface area contributed by atoms with Crippen LogP contribution in [0.25, 0.3) is 0 Å². The first kappa shape index (κ1) is 17.8. The van der Waals surface area contributed by atoms with E-state index in [0.29, 0.717) is 31.9 Å². The van der Waals surface area contributed by atoms with Crippen LogP contribution in [0.2, 0.25) is 0 Å². The molecule has 1 fully saturated rings. The summed E-state index contributed by atoms with van der Waals surface area (Å²) >= 11 is 5.36. The third-order valence-electron chi connectivity index (χ3n) is 3.91. The topological polar surface area (TPSA) is 18.5 Å². The normalized spacial score (nSPS) is 15.7. The second-order valence-electron chi connectivity index (χ2n) is 5.61. The van der Waals surface area contributed by atoms with Crippen LogP contribution in [0.15, 0.2) is 24.3 Å². The summed E-state index contributed by atoms with van der Waals surface area (Å²) in [5.41, 5.74) is 0.0125. The van der Waals surface area contributed by atoms with Crippen molar-refractivity contribution < 1.29 is 13.2 Å². The molecule has 0 spiro atoms. The molecule has 1 saturated heterocycles. The Morgan fingerprint density at radius 2 is 1.91 bits per heavy atom. The van der Waals surface area contributed by atoms with Crippen molar-refractivity contribution in [1.29, 1.82) is 0 Å². The van der Waals surface area contributed by atoms with Gasteiger partial charge in [-0.05, 0) is 36.8 Å². The average Bonchev–Trinajstić information content (AvgIpc) is 2.54. The van der Waals surface area contributed by atoms with Crippen molar-refractivity contribution in [3.8, 4) is 0 Å². The monoisotopic (exact) mass is 345 g/mol. The van der Waals surface area contributed by atoms with Crippen LogP contribution in [0.1, 0.15) is 25.3 Å². The third-order valence-corrected chi connectivity index (χ3v) is 4.31. The SMILES string of the molecule is CCCCNC(=S)N1CCN(c2cccc(C(F)(F)F)c2)CC1. The summed E-state index contributed by atoms with van der Waals surface area (Å²) < 4.78 is 38.4. The summed E-state index contributed by atoms with van der Waals surface area (Å²) in [4.78, 5) is 4.05. The Balaban J connectivity index is 1.90. The standard InChI is InChI=1S/C16H22F3N3S/c1-2-3-7-20-15(23)22-10-8-21(9-11-22)14-6-4-5-13(12-14)16(17,18)19/h4-6,12H,2-3,7-11H2,1H3,(H,20,23). The molecule has 2 rings (SSSR count). The van der Waals surface area contributed by atoms with Gasteiger partial charge in [0.05, 0.1) is 5.56 Å². The Bertz CT molecular complexity index is 526. The fourth-order valence-electron chi connectivity index (χ4n) is 2.53. The molecule has 1 aliphatic heterocycles. The predicted molar refractivity (Wildman–Crippen MR) is 90.7 cm³/mol. The van der Waals surface area contributed by atoms with Gasteiger partial charge in [-0.1, -0.05) is 19.4 Å². The number of piperazine rings is 1. The Labute approximate surface area is 140 Å². The van der Waals surface area contributed by atoms with Gasteiger partial charge in [-0.15, -0.1) is 0 Å². The van der Waals surface area contributed by atoms with Gasteiger partial charge in [0.25, 0.3) is 0 Å². The lowest BCUT2D eigenvalue weighted by atomic mass is 10.1. The van der Waals surface area contributed by atoms with Gasteiger partial charge < -0.3 is 15.1 Å². The Kier molecular flexibility index (Phi) is 6.10. The molecule has 3 nitrogen and oxygen atoms in total. The van der Waals surface area contributed by atoms with Crippen LogP contribution in [-0.4, -0.2) is 42.7 Å². The molecular weight excluding hydrogens is 323 g/mol. The Hall–Kier alpha value is -1.50. The molecule has 0 bridgehead atoms. The van der Waals surface area contributed by atoms with Crippen LogP contribution in [0, 0.1) is 0 Å². The quantitative estimate of drug-likeness (QED) is 0.665. The number of alkyl halides is 3. The predicted octanol–water partition coefficient (Wildman–Crippen LogP) is 3.50. The number of unbranched alkanes of at least 4 members (excludes halogenated alkanes) is 1. The molecule has 128 valence electrons. The molecule has 0 aromatic heterocycles. The van der Waals surface area contributed by atoms with Crippen molar-refractivity contribution in [3.63, 3.8) is 0 Å². The van der Waals surface area contributed by atoms with Gasteiger partial charge in [0, 0.05) is 38.4 Å². The maximum absolute atomic E-state index is 12.8. The first-order chi connectivity index (χ1) is 10.9. The summed E-state index contributed by atoms with van der Waals surface area (Å²) in [7, 11) is 0. The summed E-state index contributed by atoms with van der Waals surface area (Å²) in [5.74, 6) is 0. The van der Waals surface area contributed by atoms with Gasteiger partial charge >= 0.3 is 6.18 Å². The Morgan fingerprint density at radius 3 is 2.52 bits per heavy atom. The van der Waals surface area contributed by atoms with Crippen LogP contribution in [-0.2, 0) is 6.18 Å². The van der Waals surface area contributed by atoms with E-state index >= 15 is 0 Å². The number of nitrogens with one attached hydrogen (secondary N) is 1. The van der Waals surface area contributed by atoms with Crippen molar-refractivity contribution in [2.45, 2.75) is 25.9 Å². The van der Waals surface area contributed by atoms with Gasteiger partial charge in [-0.3, -0.25) is 0 Å². The third kappa shape index (κ3) is 4.99. The van der Waals surface area contributed by atoms with Gasteiger partial charge in [-0.2, -0.15) is 13.2 Å². The maximum Gasteiger partial charge on any atom is 0.416 e. The van der Waals surface area contributed by atoms with E-state index < -0.39 is 11.7 Å². The molecule has 1 aliphatic rings. The fraction of sp³-hybridized carbons (Fsp3) is 0.562. The van der Waals surface area contributed by atoms with E-state index in [4.69, 9.17) is 12.2 Å². The van der Waals surface area contributed by atoms with Crippen molar-refractivity contribution >= 4 is 23.0 Å². The van der Waals surface area contributed by atoms with Gasteiger partial charge in [-0.25, -0.2) is 0 Å². The maximum atomic E-state index is 12.8. The highest BCUT2D eigenvalue weighted by Gasteiger charge is 2.31. The largest absolute Gasteiger partial charge is 0.416 e. The molecule has 1 aromatic carbocycles. The molecular formula is C16H22F3N3S. The van der Waals surface area contributed by atoms with E-state index in [9.17, 15) is 13.2 Å². The number of benzene rings is 1. The lowest BCUT2D eigenvalue weighted by Gasteiger charge is -2.37. The van der Waals surface area contributed by atoms with Crippen molar-refractivity contribution in [2.75, 3.05) is 37.6 Å². The number of anilines is 1. The van der Waals surface area contributed by atoms with Crippen LogP contribution >= 0.6 is 12.2 Å². The minimum absolute atomic E-state index is 0.603. The first-order valence-corrected chi connectivity index (χ1v) is 8.27. The number of halogens is 3. The molecule has 0 unspecified atom stereocenters. The summed E-state index contributed by atoms with van der Waals surface area (Å²) in [6.07, 6.45) is -2.12. The highest BCUT2D eigenvalue weighted by Crippen LogP contribution is 2.31.